The summed E-state index contributed by atoms with van der Waals surface area (Å²) in [6.07, 6.45) is 3.69. The van der Waals surface area contributed by atoms with Gasteiger partial charge in [0.05, 0.1) is 5.69 Å². The van der Waals surface area contributed by atoms with E-state index in [0.717, 1.165) is 5.75 Å². The molecule has 1 aromatic heterocycles. The first-order valence-corrected chi connectivity index (χ1v) is 6.04. The molecule has 1 aromatic carbocycles. The van der Waals surface area contributed by atoms with Crippen molar-refractivity contribution < 1.29 is 4.74 Å². The number of hydrogen-bond donors (Lipinski definition) is 1. The van der Waals surface area contributed by atoms with Crippen LogP contribution >= 0.6 is 11.8 Å². The number of pyridine rings is 1. The Morgan fingerprint density at radius 1 is 1.19 bits per heavy atom. The molecular weight excluding hydrogens is 220 g/mol. The minimum Gasteiger partial charge on any atom is -0.437 e. The second-order valence-electron chi connectivity index (χ2n) is 3.18. The molecule has 0 amide bonds. The fourth-order valence-electron chi connectivity index (χ4n) is 1.24. The first kappa shape index (κ1) is 10.8. The quantitative estimate of drug-likeness (QED) is 0.826. The van der Waals surface area contributed by atoms with E-state index in [2.05, 4.69) is 4.98 Å². The predicted octanol–water partition coefficient (Wildman–Crippen LogP) is 3.18. The number of benzene rings is 1. The highest BCUT2D eigenvalue weighted by Gasteiger charge is 2.02. The van der Waals surface area contributed by atoms with Gasteiger partial charge < -0.3 is 10.5 Å². The predicted molar refractivity (Wildman–Crippen MR) is 66.9 cm³/mol. The average Bonchev–Trinajstić information content (AvgIpc) is 2.33. The van der Waals surface area contributed by atoms with E-state index in [1.54, 1.807) is 30.1 Å². The molecule has 0 radical (unpaired) electrons. The van der Waals surface area contributed by atoms with E-state index in [1.807, 2.05) is 30.5 Å². The Morgan fingerprint density at radius 3 is 2.56 bits per heavy atom. The topological polar surface area (TPSA) is 48.1 Å². The van der Waals surface area contributed by atoms with Crippen LogP contribution in [0.3, 0.4) is 0 Å². The van der Waals surface area contributed by atoms with Crippen LogP contribution in [-0.4, -0.2) is 11.2 Å². The van der Waals surface area contributed by atoms with E-state index in [9.17, 15) is 0 Å². The van der Waals surface area contributed by atoms with Crippen LogP contribution in [0.1, 0.15) is 0 Å². The molecule has 0 fully saturated rings. The lowest BCUT2D eigenvalue weighted by molar-refractivity contribution is 0.465. The van der Waals surface area contributed by atoms with Gasteiger partial charge in [-0.3, -0.25) is 0 Å². The molecule has 4 heteroatoms. The highest BCUT2D eigenvalue weighted by Crippen LogP contribution is 2.26. The monoisotopic (exact) mass is 232 g/mol. The molecule has 0 saturated heterocycles. The molecule has 82 valence electrons. The van der Waals surface area contributed by atoms with Gasteiger partial charge in [-0.2, -0.15) is 0 Å². The molecule has 2 rings (SSSR count). The molecule has 0 aliphatic heterocycles. The standard InChI is InChI=1S/C12H12N2OS/c1-16-10-6-4-9(5-7-10)15-12-11(13)3-2-8-14-12/h2-8H,13H2,1H3. The second-order valence-corrected chi connectivity index (χ2v) is 4.06. The molecule has 2 aromatic rings. The van der Waals surface area contributed by atoms with Crippen LogP contribution in [0.2, 0.25) is 0 Å². The number of rotatable bonds is 3. The Labute approximate surface area is 98.6 Å². The zero-order chi connectivity index (χ0) is 11.4. The Hall–Kier alpha value is -1.68. The molecule has 0 spiro atoms. The van der Waals surface area contributed by atoms with Crippen molar-refractivity contribution in [3.63, 3.8) is 0 Å². The molecule has 0 saturated carbocycles. The van der Waals surface area contributed by atoms with Crippen LogP contribution in [0.15, 0.2) is 47.5 Å². The summed E-state index contributed by atoms with van der Waals surface area (Å²) < 4.78 is 5.56. The highest BCUT2D eigenvalue weighted by atomic mass is 32.2. The van der Waals surface area contributed by atoms with Gasteiger partial charge in [0.2, 0.25) is 5.88 Å². The average molecular weight is 232 g/mol. The summed E-state index contributed by atoms with van der Waals surface area (Å²) in [5.41, 5.74) is 6.27. The number of nitrogen functional groups attached to an aromatic ring is 1. The summed E-state index contributed by atoms with van der Waals surface area (Å²) in [6, 6.07) is 11.3. The lowest BCUT2D eigenvalue weighted by Crippen LogP contribution is -1.93. The van der Waals surface area contributed by atoms with Crippen molar-refractivity contribution in [3.8, 4) is 11.6 Å². The van der Waals surface area contributed by atoms with Gasteiger partial charge in [-0.15, -0.1) is 11.8 Å². The minimum atomic E-state index is 0.444. The molecule has 0 atom stereocenters. The van der Waals surface area contributed by atoms with E-state index in [0.29, 0.717) is 11.6 Å². The van der Waals surface area contributed by atoms with Gasteiger partial charge in [0.25, 0.3) is 0 Å². The summed E-state index contributed by atoms with van der Waals surface area (Å²) in [5.74, 6) is 1.18. The Morgan fingerprint density at radius 2 is 1.94 bits per heavy atom. The van der Waals surface area contributed by atoms with Gasteiger partial charge in [0.1, 0.15) is 5.75 Å². The molecule has 16 heavy (non-hydrogen) atoms. The fraction of sp³-hybridized carbons (Fsp3) is 0.0833. The number of hydrogen-bond acceptors (Lipinski definition) is 4. The largest absolute Gasteiger partial charge is 0.437 e. The lowest BCUT2D eigenvalue weighted by Gasteiger charge is -2.06. The third-order valence-corrected chi connectivity index (χ3v) is 2.82. The van der Waals surface area contributed by atoms with Crippen molar-refractivity contribution in [1.82, 2.24) is 4.98 Å². The van der Waals surface area contributed by atoms with Crippen LogP contribution in [0.25, 0.3) is 0 Å². The van der Waals surface area contributed by atoms with Gasteiger partial charge in [-0.25, -0.2) is 4.98 Å². The normalized spacial score (nSPS) is 10.1. The van der Waals surface area contributed by atoms with Crippen LogP contribution in [0, 0.1) is 0 Å². The Kier molecular flexibility index (Phi) is 3.31. The number of aromatic nitrogens is 1. The molecule has 2 N–H and O–H groups in total. The molecule has 3 nitrogen and oxygen atoms in total. The first-order chi connectivity index (χ1) is 7.79. The molecular formula is C12H12N2OS. The number of thioether (sulfide) groups is 1. The summed E-state index contributed by atoms with van der Waals surface area (Å²) >= 11 is 1.69. The SMILES string of the molecule is CSc1ccc(Oc2ncccc2N)cc1. The third-order valence-electron chi connectivity index (χ3n) is 2.07. The van der Waals surface area contributed by atoms with E-state index in [1.165, 1.54) is 4.90 Å². The molecule has 0 unspecified atom stereocenters. The zero-order valence-electron chi connectivity index (χ0n) is 8.88. The zero-order valence-corrected chi connectivity index (χ0v) is 9.70. The van der Waals surface area contributed by atoms with Crippen molar-refractivity contribution in [3.05, 3.63) is 42.6 Å². The lowest BCUT2D eigenvalue weighted by atomic mass is 10.3. The maximum Gasteiger partial charge on any atom is 0.242 e. The Bertz CT molecular complexity index is 471. The van der Waals surface area contributed by atoms with Crippen LogP contribution < -0.4 is 10.5 Å². The maximum atomic E-state index is 5.73. The van der Waals surface area contributed by atoms with Crippen molar-refractivity contribution in [2.24, 2.45) is 0 Å². The van der Waals surface area contributed by atoms with E-state index >= 15 is 0 Å². The Balaban J connectivity index is 2.18. The van der Waals surface area contributed by atoms with Crippen LogP contribution in [0.5, 0.6) is 11.6 Å². The first-order valence-electron chi connectivity index (χ1n) is 4.82. The van der Waals surface area contributed by atoms with Gasteiger partial charge >= 0.3 is 0 Å². The molecule has 1 heterocycles. The highest BCUT2D eigenvalue weighted by molar-refractivity contribution is 7.98. The summed E-state index contributed by atoms with van der Waals surface area (Å²) in [7, 11) is 0. The number of nitrogens with zero attached hydrogens (tertiary/aromatic N) is 1. The smallest absolute Gasteiger partial charge is 0.242 e. The van der Waals surface area contributed by atoms with Gasteiger partial charge in [0.15, 0.2) is 0 Å². The van der Waals surface area contributed by atoms with E-state index in [4.69, 9.17) is 10.5 Å². The number of ether oxygens (including phenoxy) is 1. The minimum absolute atomic E-state index is 0.444. The fourth-order valence-corrected chi connectivity index (χ4v) is 1.65. The van der Waals surface area contributed by atoms with Crippen molar-refractivity contribution >= 4 is 17.4 Å². The van der Waals surface area contributed by atoms with E-state index < -0.39 is 0 Å². The molecule has 0 aliphatic carbocycles. The third kappa shape index (κ3) is 2.46. The second kappa shape index (κ2) is 4.90. The number of anilines is 1. The summed E-state index contributed by atoms with van der Waals surface area (Å²) in [4.78, 5) is 5.26. The van der Waals surface area contributed by atoms with Crippen LogP contribution in [0.4, 0.5) is 5.69 Å². The van der Waals surface area contributed by atoms with Crippen molar-refractivity contribution in [2.75, 3.05) is 12.0 Å². The van der Waals surface area contributed by atoms with Gasteiger partial charge in [0, 0.05) is 11.1 Å². The van der Waals surface area contributed by atoms with Gasteiger partial charge in [-0.1, -0.05) is 0 Å². The number of nitrogens with two attached hydrogens (primary N) is 1. The molecule has 0 aliphatic rings. The van der Waals surface area contributed by atoms with Crippen molar-refractivity contribution in [2.45, 2.75) is 4.90 Å². The summed E-state index contributed by atoms with van der Waals surface area (Å²) in [6.45, 7) is 0. The molecule has 0 bridgehead atoms. The van der Waals surface area contributed by atoms with Gasteiger partial charge in [-0.05, 0) is 42.7 Å². The van der Waals surface area contributed by atoms with Crippen LogP contribution in [-0.2, 0) is 0 Å². The summed E-state index contributed by atoms with van der Waals surface area (Å²) in [5, 5.41) is 0. The van der Waals surface area contributed by atoms with E-state index in [-0.39, 0.29) is 0 Å². The maximum absolute atomic E-state index is 5.73. The van der Waals surface area contributed by atoms with Crippen molar-refractivity contribution in [1.29, 1.82) is 0 Å².